The largest absolute Gasteiger partial charge is 0.497 e. The van der Waals surface area contributed by atoms with E-state index in [1.807, 2.05) is 6.07 Å². The summed E-state index contributed by atoms with van der Waals surface area (Å²) in [4.78, 5) is 23.0. The monoisotopic (exact) mass is 347 g/mol. The highest BCUT2D eigenvalue weighted by molar-refractivity contribution is 5.72. The van der Waals surface area contributed by atoms with Gasteiger partial charge < -0.3 is 19.9 Å². The van der Waals surface area contributed by atoms with Crippen molar-refractivity contribution in [2.24, 2.45) is 0 Å². The maximum absolute atomic E-state index is 14.2. The van der Waals surface area contributed by atoms with Crippen LogP contribution >= 0.6 is 0 Å². The van der Waals surface area contributed by atoms with Crippen LogP contribution in [0, 0.1) is 5.82 Å². The number of carbonyl (C=O) groups is 2. The predicted molar refractivity (Wildman–Crippen MR) is 87.7 cm³/mol. The van der Waals surface area contributed by atoms with E-state index in [1.54, 1.807) is 24.3 Å². The van der Waals surface area contributed by atoms with Gasteiger partial charge in [0, 0.05) is 11.6 Å². The van der Waals surface area contributed by atoms with Crippen molar-refractivity contribution in [2.75, 3.05) is 7.11 Å². The molecule has 0 unspecified atom stereocenters. The number of carboxylic acids is 1. The number of carbonyl (C=O) groups excluding carboxylic acids is 1. The highest BCUT2D eigenvalue weighted by Crippen LogP contribution is 2.24. The van der Waals surface area contributed by atoms with E-state index in [9.17, 15) is 14.0 Å². The molecule has 6 nitrogen and oxygen atoms in total. The molecule has 0 saturated heterocycles. The van der Waals surface area contributed by atoms with Crippen molar-refractivity contribution in [3.05, 3.63) is 65.5 Å². The van der Waals surface area contributed by atoms with Crippen LogP contribution in [0.3, 0.4) is 0 Å². The molecule has 0 bridgehead atoms. The van der Waals surface area contributed by atoms with Gasteiger partial charge in [-0.3, -0.25) is 4.79 Å². The Morgan fingerprint density at radius 3 is 2.52 bits per heavy atom. The summed E-state index contributed by atoms with van der Waals surface area (Å²) < 4.78 is 24.1. The predicted octanol–water partition coefficient (Wildman–Crippen LogP) is 3.28. The van der Waals surface area contributed by atoms with Crippen molar-refractivity contribution in [1.29, 1.82) is 0 Å². The molecule has 0 radical (unpaired) electrons. The summed E-state index contributed by atoms with van der Waals surface area (Å²) in [6.45, 7) is 0.0254. The maximum Gasteiger partial charge on any atom is 0.407 e. The van der Waals surface area contributed by atoms with Gasteiger partial charge in [0.15, 0.2) is 0 Å². The second-order valence-corrected chi connectivity index (χ2v) is 5.24. The molecular weight excluding hydrogens is 329 g/mol. The molecule has 2 N–H and O–H groups in total. The SMILES string of the molecule is COc1ccc([C@@H](CC(=O)O)NC(=O)OCc2ccccc2)c(F)c1. The Morgan fingerprint density at radius 2 is 1.92 bits per heavy atom. The van der Waals surface area contributed by atoms with Gasteiger partial charge in [-0.2, -0.15) is 0 Å². The first-order valence-electron chi connectivity index (χ1n) is 7.52. The molecule has 0 aliphatic heterocycles. The fourth-order valence-corrected chi connectivity index (χ4v) is 2.24. The van der Waals surface area contributed by atoms with Crippen LogP contribution < -0.4 is 10.1 Å². The Labute approximate surface area is 144 Å². The number of methoxy groups -OCH3 is 1. The van der Waals surface area contributed by atoms with E-state index >= 15 is 0 Å². The molecule has 0 heterocycles. The smallest absolute Gasteiger partial charge is 0.407 e. The average Bonchev–Trinajstić information content (AvgIpc) is 2.59. The third-order valence-corrected chi connectivity index (χ3v) is 3.47. The molecule has 0 spiro atoms. The van der Waals surface area contributed by atoms with Crippen LogP contribution in [0.2, 0.25) is 0 Å². The van der Waals surface area contributed by atoms with E-state index in [2.05, 4.69) is 5.32 Å². The standard InChI is InChI=1S/C18H18FNO5/c1-24-13-7-8-14(15(19)9-13)16(10-17(21)22)20-18(23)25-11-12-5-3-2-4-6-12/h2-9,16H,10-11H2,1H3,(H,20,23)(H,21,22)/t16-/m1/s1. The van der Waals surface area contributed by atoms with E-state index in [4.69, 9.17) is 14.6 Å². The van der Waals surface area contributed by atoms with Gasteiger partial charge >= 0.3 is 12.1 Å². The van der Waals surface area contributed by atoms with Crippen LogP contribution in [0.4, 0.5) is 9.18 Å². The normalized spacial score (nSPS) is 11.4. The summed E-state index contributed by atoms with van der Waals surface area (Å²) in [7, 11) is 1.39. The second-order valence-electron chi connectivity index (χ2n) is 5.24. The maximum atomic E-state index is 14.2. The third kappa shape index (κ3) is 5.49. The van der Waals surface area contributed by atoms with Gasteiger partial charge in [0.25, 0.3) is 0 Å². The van der Waals surface area contributed by atoms with Crippen LogP contribution in [0.15, 0.2) is 48.5 Å². The Hall–Kier alpha value is -3.09. The Bertz CT molecular complexity index is 736. The molecule has 132 valence electrons. The summed E-state index contributed by atoms with van der Waals surface area (Å²) >= 11 is 0. The Morgan fingerprint density at radius 1 is 1.20 bits per heavy atom. The van der Waals surface area contributed by atoms with Crippen molar-refractivity contribution < 1.29 is 28.6 Å². The zero-order valence-electron chi connectivity index (χ0n) is 13.6. The number of halogens is 1. The van der Waals surface area contributed by atoms with E-state index in [0.29, 0.717) is 5.75 Å². The fraction of sp³-hybridized carbons (Fsp3) is 0.222. The van der Waals surface area contributed by atoms with E-state index in [1.165, 1.54) is 19.2 Å². The highest BCUT2D eigenvalue weighted by atomic mass is 19.1. The number of alkyl carbamates (subject to hydrolysis) is 1. The lowest BCUT2D eigenvalue weighted by Crippen LogP contribution is -2.31. The average molecular weight is 347 g/mol. The molecule has 2 aromatic carbocycles. The quantitative estimate of drug-likeness (QED) is 0.803. The van der Waals surface area contributed by atoms with E-state index in [-0.39, 0.29) is 12.2 Å². The van der Waals surface area contributed by atoms with Crippen LogP contribution in [-0.4, -0.2) is 24.3 Å². The Balaban J connectivity index is 2.06. The minimum absolute atomic E-state index is 0.0254. The number of benzene rings is 2. The first-order chi connectivity index (χ1) is 12.0. The van der Waals surface area contributed by atoms with Crippen LogP contribution in [-0.2, 0) is 16.1 Å². The molecule has 2 rings (SSSR count). The Kier molecular flexibility index (Phi) is 6.33. The van der Waals surface area contributed by atoms with Crippen molar-refractivity contribution in [3.63, 3.8) is 0 Å². The number of hydrogen-bond donors (Lipinski definition) is 2. The second kappa shape index (κ2) is 8.68. The number of hydrogen-bond acceptors (Lipinski definition) is 4. The van der Waals surface area contributed by atoms with Crippen molar-refractivity contribution in [2.45, 2.75) is 19.1 Å². The molecule has 0 saturated carbocycles. The summed E-state index contributed by atoms with van der Waals surface area (Å²) in [6, 6.07) is 11.9. The third-order valence-electron chi connectivity index (χ3n) is 3.47. The van der Waals surface area contributed by atoms with Crippen LogP contribution in [0.1, 0.15) is 23.6 Å². The number of rotatable bonds is 7. The van der Waals surface area contributed by atoms with Gasteiger partial charge in [0.1, 0.15) is 18.2 Å². The summed E-state index contributed by atoms with van der Waals surface area (Å²) in [6.07, 6.45) is -1.31. The lowest BCUT2D eigenvalue weighted by Gasteiger charge is -2.18. The molecule has 1 atom stereocenters. The molecule has 0 aliphatic carbocycles. The number of nitrogens with one attached hydrogen (secondary N) is 1. The molecule has 1 amide bonds. The van der Waals surface area contributed by atoms with E-state index in [0.717, 1.165) is 11.6 Å². The van der Waals surface area contributed by atoms with Gasteiger partial charge in [-0.15, -0.1) is 0 Å². The van der Waals surface area contributed by atoms with Crippen LogP contribution in [0.5, 0.6) is 5.75 Å². The lowest BCUT2D eigenvalue weighted by atomic mass is 10.0. The fourth-order valence-electron chi connectivity index (χ4n) is 2.24. The van der Waals surface area contributed by atoms with Crippen molar-refractivity contribution in [1.82, 2.24) is 5.32 Å². The zero-order chi connectivity index (χ0) is 18.2. The molecule has 0 aliphatic rings. The molecule has 7 heteroatoms. The number of aliphatic carboxylic acids is 1. The topological polar surface area (TPSA) is 84.9 Å². The number of ether oxygens (including phenoxy) is 2. The van der Waals surface area contributed by atoms with Crippen molar-refractivity contribution in [3.8, 4) is 5.75 Å². The lowest BCUT2D eigenvalue weighted by molar-refractivity contribution is -0.137. The summed E-state index contributed by atoms with van der Waals surface area (Å²) in [5, 5.41) is 11.4. The molecule has 0 aromatic heterocycles. The van der Waals surface area contributed by atoms with Gasteiger partial charge in [0.05, 0.1) is 19.6 Å². The van der Waals surface area contributed by atoms with Crippen molar-refractivity contribution >= 4 is 12.1 Å². The van der Waals surface area contributed by atoms with Crippen LogP contribution in [0.25, 0.3) is 0 Å². The van der Waals surface area contributed by atoms with Gasteiger partial charge in [0.2, 0.25) is 0 Å². The minimum Gasteiger partial charge on any atom is -0.497 e. The minimum atomic E-state index is -1.18. The molecule has 0 fully saturated rings. The van der Waals surface area contributed by atoms with Gasteiger partial charge in [-0.1, -0.05) is 36.4 Å². The first-order valence-corrected chi connectivity index (χ1v) is 7.52. The first kappa shape index (κ1) is 18.3. The number of amides is 1. The summed E-state index contributed by atoms with van der Waals surface area (Å²) in [5.41, 5.74) is 0.822. The van der Waals surface area contributed by atoms with Gasteiger partial charge in [-0.05, 0) is 11.6 Å². The highest BCUT2D eigenvalue weighted by Gasteiger charge is 2.22. The molecular formula is C18H18FNO5. The van der Waals surface area contributed by atoms with Gasteiger partial charge in [-0.25, -0.2) is 9.18 Å². The molecule has 2 aromatic rings. The van der Waals surface area contributed by atoms with E-state index < -0.39 is 30.3 Å². The summed E-state index contributed by atoms with van der Waals surface area (Å²) in [5.74, 6) is -1.56. The number of carboxylic acid groups (broad SMARTS) is 1. The molecule has 25 heavy (non-hydrogen) atoms. The zero-order valence-corrected chi connectivity index (χ0v) is 13.6.